The molecule has 134 valence electrons. The van der Waals surface area contributed by atoms with E-state index in [9.17, 15) is 13.2 Å². The second-order valence-corrected chi connectivity index (χ2v) is 8.69. The van der Waals surface area contributed by atoms with Crippen LogP contribution in [0.15, 0.2) is 57.9 Å². The SMILES string of the molecule is CN1C(C(=O)N2CCCc3ccccc32)=CC(c2cccs2)=NS1(=O)=O. The maximum Gasteiger partial charge on any atom is 0.345 e. The third-order valence-corrected chi connectivity index (χ3v) is 6.73. The number of hydrogen-bond donors (Lipinski definition) is 0. The largest absolute Gasteiger partial charge is 0.345 e. The predicted molar refractivity (Wildman–Crippen MR) is 103 cm³/mol. The topological polar surface area (TPSA) is 70.1 Å². The maximum atomic E-state index is 13.2. The summed E-state index contributed by atoms with van der Waals surface area (Å²) < 4.78 is 29.7. The molecule has 0 spiro atoms. The lowest BCUT2D eigenvalue weighted by Crippen LogP contribution is -2.43. The quantitative estimate of drug-likeness (QED) is 0.795. The van der Waals surface area contributed by atoms with E-state index < -0.39 is 10.2 Å². The lowest BCUT2D eigenvalue weighted by Gasteiger charge is -2.32. The Kier molecular flexibility index (Phi) is 4.16. The van der Waals surface area contributed by atoms with E-state index in [1.165, 1.54) is 18.4 Å². The van der Waals surface area contributed by atoms with Crippen molar-refractivity contribution >= 4 is 38.9 Å². The Morgan fingerprint density at radius 1 is 1.19 bits per heavy atom. The van der Waals surface area contributed by atoms with Crippen molar-refractivity contribution in [1.29, 1.82) is 0 Å². The molecule has 2 aromatic rings. The number of allylic oxidation sites excluding steroid dienone is 1. The summed E-state index contributed by atoms with van der Waals surface area (Å²) in [5, 5.41) is 1.85. The number of likely N-dealkylation sites (N-methyl/N-ethyl adjacent to an activating group) is 1. The van der Waals surface area contributed by atoms with Gasteiger partial charge in [0, 0.05) is 19.3 Å². The number of aryl methyl sites for hydroxylation is 1. The Balaban J connectivity index is 1.77. The van der Waals surface area contributed by atoms with Crippen LogP contribution >= 0.6 is 11.3 Å². The number of hydrogen-bond acceptors (Lipinski definition) is 4. The van der Waals surface area contributed by atoms with E-state index in [1.807, 2.05) is 35.7 Å². The molecule has 0 bridgehead atoms. The van der Waals surface area contributed by atoms with Gasteiger partial charge in [-0.15, -0.1) is 15.7 Å². The van der Waals surface area contributed by atoms with Gasteiger partial charge in [0.1, 0.15) is 5.70 Å². The highest BCUT2D eigenvalue weighted by Crippen LogP contribution is 2.30. The van der Waals surface area contributed by atoms with E-state index in [0.717, 1.165) is 28.4 Å². The van der Waals surface area contributed by atoms with Gasteiger partial charge >= 0.3 is 10.2 Å². The minimum atomic E-state index is -3.93. The van der Waals surface area contributed by atoms with Gasteiger partial charge in [0.2, 0.25) is 0 Å². The summed E-state index contributed by atoms with van der Waals surface area (Å²) in [4.78, 5) is 15.6. The Labute approximate surface area is 156 Å². The zero-order valence-electron chi connectivity index (χ0n) is 14.1. The van der Waals surface area contributed by atoms with Gasteiger partial charge in [-0.25, -0.2) is 4.31 Å². The number of thiophene rings is 1. The molecule has 0 saturated carbocycles. The van der Waals surface area contributed by atoms with E-state index in [1.54, 1.807) is 17.0 Å². The molecule has 0 N–H and O–H groups in total. The van der Waals surface area contributed by atoms with Crippen molar-refractivity contribution in [3.63, 3.8) is 0 Å². The van der Waals surface area contributed by atoms with Gasteiger partial charge in [-0.2, -0.15) is 8.42 Å². The summed E-state index contributed by atoms with van der Waals surface area (Å²) in [6, 6.07) is 11.4. The molecule has 0 radical (unpaired) electrons. The second-order valence-electron chi connectivity index (χ2n) is 6.12. The zero-order chi connectivity index (χ0) is 18.3. The standard InChI is InChI=1S/C18H17N3O3S2/c1-20-16(12-14(19-26(20,23)24)17-9-5-11-25-17)18(22)21-10-4-7-13-6-2-3-8-15(13)21/h2-3,5-6,8-9,11-12H,4,7,10H2,1H3. The predicted octanol–water partition coefficient (Wildman–Crippen LogP) is 2.59. The highest BCUT2D eigenvalue weighted by molar-refractivity contribution is 7.88. The van der Waals surface area contributed by atoms with Gasteiger partial charge in [-0.1, -0.05) is 24.3 Å². The summed E-state index contributed by atoms with van der Waals surface area (Å²) in [5.41, 5.74) is 2.35. The number of carbonyl (C=O) groups excluding carboxylic acids is 1. The van der Waals surface area contributed by atoms with Gasteiger partial charge in [-0.05, 0) is 42.0 Å². The van der Waals surface area contributed by atoms with Gasteiger partial charge in [0.15, 0.2) is 0 Å². The Morgan fingerprint density at radius 3 is 2.77 bits per heavy atom. The number of nitrogens with zero attached hydrogens (tertiary/aromatic N) is 3. The molecule has 2 aliphatic heterocycles. The maximum absolute atomic E-state index is 13.2. The molecular formula is C18H17N3O3S2. The van der Waals surface area contributed by atoms with Crippen LogP contribution in [0.1, 0.15) is 16.9 Å². The fourth-order valence-corrected chi connectivity index (χ4v) is 4.82. The zero-order valence-corrected chi connectivity index (χ0v) is 15.8. The molecule has 1 amide bonds. The first-order valence-electron chi connectivity index (χ1n) is 8.21. The first-order chi connectivity index (χ1) is 12.5. The number of rotatable bonds is 2. The van der Waals surface area contributed by atoms with Crippen LogP contribution < -0.4 is 4.90 Å². The summed E-state index contributed by atoms with van der Waals surface area (Å²) in [6.45, 7) is 0.562. The van der Waals surface area contributed by atoms with Crippen molar-refractivity contribution < 1.29 is 13.2 Å². The van der Waals surface area contributed by atoms with Gasteiger partial charge in [0.25, 0.3) is 5.91 Å². The molecule has 3 heterocycles. The molecule has 4 rings (SSSR count). The molecule has 26 heavy (non-hydrogen) atoms. The number of fused-ring (bicyclic) bond motifs is 1. The molecule has 0 saturated heterocycles. The third-order valence-electron chi connectivity index (χ3n) is 4.52. The number of carbonyl (C=O) groups is 1. The van der Waals surface area contributed by atoms with Crippen LogP contribution in [0.3, 0.4) is 0 Å². The second kappa shape index (κ2) is 6.37. The van der Waals surface area contributed by atoms with Crippen molar-refractivity contribution in [3.8, 4) is 0 Å². The smallest absolute Gasteiger partial charge is 0.307 e. The lowest BCUT2D eigenvalue weighted by atomic mass is 10.0. The fourth-order valence-electron chi connectivity index (χ4n) is 3.18. The summed E-state index contributed by atoms with van der Waals surface area (Å²) in [5.74, 6) is -0.327. The molecule has 0 fully saturated rings. The minimum absolute atomic E-state index is 0.111. The molecule has 2 aliphatic rings. The molecule has 1 aromatic carbocycles. The first-order valence-corrected chi connectivity index (χ1v) is 10.5. The average Bonchev–Trinajstić information content (AvgIpc) is 3.17. The Morgan fingerprint density at radius 2 is 2.00 bits per heavy atom. The van der Waals surface area contributed by atoms with Crippen molar-refractivity contribution in [2.45, 2.75) is 12.8 Å². The fraction of sp³-hybridized carbons (Fsp3) is 0.222. The normalized spacial score (nSPS) is 18.8. The number of benzene rings is 1. The van der Waals surface area contributed by atoms with Gasteiger partial charge < -0.3 is 4.90 Å². The van der Waals surface area contributed by atoms with Gasteiger partial charge in [0.05, 0.1) is 10.6 Å². The average molecular weight is 387 g/mol. The molecule has 0 atom stereocenters. The van der Waals surface area contributed by atoms with Crippen molar-refractivity contribution in [2.24, 2.45) is 4.40 Å². The van der Waals surface area contributed by atoms with Crippen LogP contribution in [0, 0.1) is 0 Å². The Bertz CT molecular complexity index is 1020. The van der Waals surface area contributed by atoms with Crippen molar-refractivity contribution in [2.75, 3.05) is 18.5 Å². The van der Waals surface area contributed by atoms with Crippen molar-refractivity contribution in [3.05, 3.63) is 64.0 Å². The highest BCUT2D eigenvalue weighted by atomic mass is 32.2. The lowest BCUT2D eigenvalue weighted by molar-refractivity contribution is -0.116. The summed E-state index contributed by atoms with van der Waals surface area (Å²) >= 11 is 1.39. The van der Waals surface area contributed by atoms with Crippen LogP contribution in [-0.4, -0.2) is 37.9 Å². The van der Waals surface area contributed by atoms with E-state index in [2.05, 4.69) is 4.40 Å². The monoisotopic (exact) mass is 387 g/mol. The first kappa shape index (κ1) is 17.0. The minimum Gasteiger partial charge on any atom is -0.307 e. The van der Waals surface area contributed by atoms with E-state index >= 15 is 0 Å². The molecule has 1 aromatic heterocycles. The van der Waals surface area contributed by atoms with E-state index in [0.29, 0.717) is 17.1 Å². The van der Waals surface area contributed by atoms with Crippen LogP contribution in [0.25, 0.3) is 0 Å². The van der Waals surface area contributed by atoms with Gasteiger partial charge in [-0.3, -0.25) is 4.79 Å². The van der Waals surface area contributed by atoms with Crippen LogP contribution in [-0.2, 0) is 21.4 Å². The van der Waals surface area contributed by atoms with Crippen LogP contribution in [0.5, 0.6) is 0 Å². The van der Waals surface area contributed by atoms with E-state index in [-0.39, 0.29) is 11.6 Å². The van der Waals surface area contributed by atoms with Crippen molar-refractivity contribution in [1.82, 2.24) is 4.31 Å². The number of para-hydroxylation sites is 1. The molecule has 0 unspecified atom stereocenters. The van der Waals surface area contributed by atoms with E-state index in [4.69, 9.17) is 0 Å². The Hall–Kier alpha value is -2.45. The molecule has 0 aliphatic carbocycles. The summed E-state index contributed by atoms with van der Waals surface area (Å²) in [6.07, 6.45) is 3.32. The summed E-state index contributed by atoms with van der Waals surface area (Å²) in [7, 11) is -2.57. The highest BCUT2D eigenvalue weighted by Gasteiger charge is 2.34. The number of amides is 1. The molecule has 6 nitrogen and oxygen atoms in total. The molecule has 8 heteroatoms. The van der Waals surface area contributed by atoms with Crippen LogP contribution in [0.4, 0.5) is 5.69 Å². The third kappa shape index (κ3) is 2.85. The molecular weight excluding hydrogens is 370 g/mol. The van der Waals surface area contributed by atoms with Crippen LogP contribution in [0.2, 0.25) is 0 Å². The number of anilines is 1.